The summed E-state index contributed by atoms with van der Waals surface area (Å²) in [4.78, 5) is 33.1. The first-order chi connectivity index (χ1) is 16.5. The van der Waals surface area contributed by atoms with Crippen LogP contribution in [0.2, 0.25) is 15.1 Å². The van der Waals surface area contributed by atoms with E-state index >= 15 is 0 Å². The number of hydrogen-bond donors (Lipinski definition) is 3. The summed E-state index contributed by atoms with van der Waals surface area (Å²) < 4.78 is 1.45. The van der Waals surface area contributed by atoms with E-state index < -0.39 is 6.03 Å². The number of carbonyl (C=O) groups excluding carboxylic acids is 1. The van der Waals surface area contributed by atoms with Gasteiger partial charge in [-0.15, -0.1) is 0 Å². The summed E-state index contributed by atoms with van der Waals surface area (Å²) in [6, 6.07) is 7.09. The highest BCUT2D eigenvalue weighted by molar-refractivity contribution is 6.40. The van der Waals surface area contributed by atoms with E-state index in [1.807, 2.05) is 13.8 Å². The van der Waals surface area contributed by atoms with Gasteiger partial charge >= 0.3 is 6.03 Å². The summed E-state index contributed by atoms with van der Waals surface area (Å²) in [5.74, 6) is 0.110. The molecule has 0 atom stereocenters. The fourth-order valence-electron chi connectivity index (χ4n) is 3.75. The number of hydrogen-bond acceptors (Lipinski definition) is 5. The molecule has 0 saturated heterocycles. The van der Waals surface area contributed by atoms with Crippen molar-refractivity contribution < 1.29 is 9.90 Å². The first-order valence-electron chi connectivity index (χ1n) is 10.5. The van der Waals surface area contributed by atoms with Crippen molar-refractivity contribution >= 4 is 57.6 Å². The highest BCUT2D eigenvalue weighted by atomic mass is 35.5. The molecule has 0 fully saturated rings. The quantitative estimate of drug-likeness (QED) is 0.331. The number of aromatic hydroxyl groups is 1. The van der Waals surface area contributed by atoms with Crippen molar-refractivity contribution in [1.82, 2.24) is 19.7 Å². The Hall–Kier alpha value is -3.27. The average molecular weight is 536 g/mol. The molecule has 35 heavy (non-hydrogen) atoms. The number of phenolic OH excluding ortho intramolecular Hbond substituents is 1. The molecule has 2 aromatic heterocycles. The monoisotopic (exact) mass is 534 g/mol. The molecule has 0 saturated carbocycles. The number of nitrogens with one attached hydrogen (secondary N) is 1. The number of fused-ring (bicyclic) bond motifs is 1. The fourth-order valence-corrected chi connectivity index (χ4v) is 4.73. The lowest BCUT2D eigenvalue weighted by Crippen LogP contribution is -2.31. The number of halogens is 3. The lowest BCUT2D eigenvalue weighted by atomic mass is 10.1. The number of aromatic nitrogens is 4. The number of amides is 2. The number of urea groups is 1. The smallest absolute Gasteiger partial charge is 0.319 e. The number of phenols is 1. The van der Waals surface area contributed by atoms with Crippen molar-refractivity contribution in [3.8, 4) is 11.4 Å². The number of H-pyrrole nitrogens is 1. The van der Waals surface area contributed by atoms with Gasteiger partial charge in [-0.1, -0.05) is 54.7 Å². The first kappa shape index (κ1) is 24.8. The van der Waals surface area contributed by atoms with Crippen LogP contribution in [0.15, 0.2) is 35.1 Å². The van der Waals surface area contributed by atoms with Gasteiger partial charge < -0.3 is 15.8 Å². The molecule has 0 aliphatic rings. The molecule has 2 heterocycles. The molecule has 12 heteroatoms. The molecule has 0 radical (unpaired) electrons. The van der Waals surface area contributed by atoms with Gasteiger partial charge in [-0.25, -0.2) is 14.5 Å². The number of anilines is 1. The van der Waals surface area contributed by atoms with E-state index in [0.29, 0.717) is 33.2 Å². The van der Waals surface area contributed by atoms with Gasteiger partial charge in [0.05, 0.1) is 21.4 Å². The van der Waals surface area contributed by atoms with E-state index in [4.69, 9.17) is 40.5 Å². The zero-order valence-corrected chi connectivity index (χ0v) is 21.2. The average Bonchev–Trinajstić information content (AvgIpc) is 3.13. The molecule has 9 nitrogen and oxygen atoms in total. The molecular weight excluding hydrogens is 515 g/mol. The molecule has 4 N–H and O–H groups in total. The third-order valence-electron chi connectivity index (χ3n) is 5.46. The van der Waals surface area contributed by atoms with Crippen LogP contribution in [0.25, 0.3) is 16.7 Å². The van der Waals surface area contributed by atoms with Crippen molar-refractivity contribution in [1.29, 1.82) is 0 Å². The second-order valence-electron chi connectivity index (χ2n) is 8.28. The maximum Gasteiger partial charge on any atom is 0.319 e. The van der Waals surface area contributed by atoms with Crippen LogP contribution in [0.1, 0.15) is 36.8 Å². The third-order valence-corrected chi connectivity index (χ3v) is 6.25. The predicted molar refractivity (Wildman–Crippen MR) is 138 cm³/mol. The zero-order valence-electron chi connectivity index (χ0n) is 18.9. The van der Waals surface area contributed by atoms with Gasteiger partial charge in [0.2, 0.25) is 0 Å². The van der Waals surface area contributed by atoms with E-state index in [0.717, 1.165) is 4.90 Å². The molecule has 2 amide bonds. The summed E-state index contributed by atoms with van der Waals surface area (Å²) >= 11 is 18.9. The molecule has 2 aromatic carbocycles. The van der Waals surface area contributed by atoms with Gasteiger partial charge in [-0.3, -0.25) is 9.69 Å². The Labute approximate surface area is 215 Å². The summed E-state index contributed by atoms with van der Waals surface area (Å²) in [6.45, 7) is 3.83. The second-order valence-corrected chi connectivity index (χ2v) is 9.53. The van der Waals surface area contributed by atoms with Crippen LogP contribution in [0, 0.1) is 0 Å². The number of aromatic amines is 1. The molecule has 0 bridgehead atoms. The number of nitrogens with two attached hydrogens (primary N) is 1. The molecular formula is C23H21Cl3N6O3. The lowest BCUT2D eigenvalue weighted by molar-refractivity contribution is 0.255. The molecule has 0 aliphatic heterocycles. The Morgan fingerprint density at radius 1 is 1.20 bits per heavy atom. The van der Waals surface area contributed by atoms with E-state index in [-0.39, 0.29) is 45.0 Å². The minimum absolute atomic E-state index is 0.0795. The predicted octanol–water partition coefficient (Wildman–Crippen LogP) is 5.00. The highest BCUT2D eigenvalue weighted by Crippen LogP contribution is 2.35. The molecule has 0 spiro atoms. The van der Waals surface area contributed by atoms with Crippen LogP contribution in [0.5, 0.6) is 5.75 Å². The normalized spacial score (nSPS) is 11.4. The largest absolute Gasteiger partial charge is 0.506 e. The standard InChI is InChI=1S/C23H21Cl3N6O3/c1-10(2)19-18-21(32(30-19)20-13(25)8-12(24)9-14(20)26)28-17(29-22(18)34)7-11-4-5-15(16(33)6-11)31(3)23(27)35/h4-6,8-10,33H,7H2,1-3H3,(H2,27,35)(H,28,29,34). The summed E-state index contributed by atoms with van der Waals surface area (Å²) in [5, 5.41) is 16.2. The van der Waals surface area contributed by atoms with Crippen molar-refractivity contribution in [3.63, 3.8) is 0 Å². The Balaban J connectivity index is 1.85. The van der Waals surface area contributed by atoms with Crippen LogP contribution in [-0.4, -0.2) is 37.9 Å². The maximum atomic E-state index is 13.1. The highest BCUT2D eigenvalue weighted by Gasteiger charge is 2.23. The second kappa shape index (κ2) is 9.41. The van der Waals surface area contributed by atoms with Crippen LogP contribution in [0.4, 0.5) is 10.5 Å². The van der Waals surface area contributed by atoms with Crippen LogP contribution >= 0.6 is 34.8 Å². The van der Waals surface area contributed by atoms with Crippen LogP contribution < -0.4 is 16.2 Å². The molecule has 182 valence electrons. The Bertz CT molecular complexity index is 1510. The van der Waals surface area contributed by atoms with Gasteiger partial charge in [-0.2, -0.15) is 5.10 Å². The van der Waals surface area contributed by atoms with Gasteiger partial charge in [0.25, 0.3) is 5.56 Å². The lowest BCUT2D eigenvalue weighted by Gasteiger charge is -2.16. The van der Waals surface area contributed by atoms with Crippen LogP contribution in [-0.2, 0) is 6.42 Å². The van der Waals surface area contributed by atoms with Crippen molar-refractivity contribution in [3.05, 3.63) is 72.8 Å². The van der Waals surface area contributed by atoms with Gasteiger partial charge in [0.1, 0.15) is 22.6 Å². The van der Waals surface area contributed by atoms with Crippen molar-refractivity contribution in [2.24, 2.45) is 5.73 Å². The zero-order chi connectivity index (χ0) is 25.6. The van der Waals surface area contributed by atoms with Crippen LogP contribution in [0.3, 0.4) is 0 Å². The SMILES string of the molecule is CC(C)c1nn(-c2c(Cl)cc(Cl)cc2Cl)c2nc(Cc3ccc(N(C)C(N)=O)c(O)c3)[nH]c(=O)c12. The Kier molecular flexibility index (Phi) is 6.68. The molecule has 0 unspecified atom stereocenters. The summed E-state index contributed by atoms with van der Waals surface area (Å²) in [5.41, 5.74) is 6.99. The number of carbonyl (C=O) groups is 1. The molecule has 4 rings (SSSR count). The van der Waals surface area contributed by atoms with Gasteiger partial charge in [-0.05, 0) is 35.7 Å². The van der Waals surface area contributed by atoms with Gasteiger partial charge in [0.15, 0.2) is 5.65 Å². The minimum atomic E-state index is -0.710. The van der Waals surface area contributed by atoms with E-state index in [1.54, 1.807) is 12.1 Å². The number of nitrogens with zero attached hydrogens (tertiary/aromatic N) is 4. The van der Waals surface area contributed by atoms with E-state index in [2.05, 4.69) is 15.1 Å². The topological polar surface area (TPSA) is 130 Å². The maximum absolute atomic E-state index is 13.1. The first-order valence-corrected chi connectivity index (χ1v) is 11.6. The van der Waals surface area contributed by atoms with Crippen molar-refractivity contribution in [2.75, 3.05) is 11.9 Å². The Morgan fingerprint density at radius 3 is 2.43 bits per heavy atom. The summed E-state index contributed by atoms with van der Waals surface area (Å²) in [7, 11) is 1.45. The number of primary amides is 1. The number of rotatable bonds is 5. The van der Waals surface area contributed by atoms with Crippen molar-refractivity contribution in [2.45, 2.75) is 26.2 Å². The van der Waals surface area contributed by atoms with E-state index in [1.165, 1.54) is 29.9 Å². The fraction of sp³-hybridized carbons (Fsp3) is 0.217. The third kappa shape index (κ3) is 4.67. The van der Waals surface area contributed by atoms with Gasteiger partial charge in [0, 0.05) is 18.5 Å². The summed E-state index contributed by atoms with van der Waals surface area (Å²) in [6.07, 6.45) is 0.184. The molecule has 4 aromatic rings. The number of benzene rings is 2. The molecule has 0 aliphatic carbocycles. The Morgan fingerprint density at radius 2 is 1.86 bits per heavy atom. The minimum Gasteiger partial charge on any atom is -0.506 e. The van der Waals surface area contributed by atoms with E-state index in [9.17, 15) is 14.7 Å².